The van der Waals surface area contributed by atoms with Crippen molar-refractivity contribution in [2.45, 2.75) is 39.8 Å². The van der Waals surface area contributed by atoms with Crippen LogP contribution in [0.25, 0.3) is 16.9 Å². The van der Waals surface area contributed by atoms with E-state index in [0.29, 0.717) is 22.8 Å². The monoisotopic (exact) mass is 415 g/mol. The Labute approximate surface area is 180 Å². The second-order valence-corrected chi connectivity index (χ2v) is 8.16. The van der Waals surface area contributed by atoms with Crippen molar-refractivity contribution < 1.29 is 0 Å². The maximum Gasteiger partial charge on any atom is 0.278 e. The fourth-order valence-electron chi connectivity index (χ4n) is 4.08. The molecule has 4 aromatic rings. The largest absolute Gasteiger partial charge is 0.324 e. The first-order valence-corrected chi connectivity index (χ1v) is 10.5. The van der Waals surface area contributed by atoms with Gasteiger partial charge in [-0.2, -0.15) is 4.98 Å². The zero-order chi connectivity index (χ0) is 21.5. The van der Waals surface area contributed by atoms with Gasteiger partial charge in [0.05, 0.1) is 0 Å². The van der Waals surface area contributed by atoms with E-state index in [1.807, 2.05) is 45.0 Å². The van der Waals surface area contributed by atoms with Crippen LogP contribution in [0.2, 0.25) is 0 Å². The predicted octanol–water partition coefficient (Wildman–Crippen LogP) is 3.26. The SMILES string of the molecule is Cc1cccc(-n2c3nc(Nc4ccc5c(c4)CCNC5)ncc3c(=O)n2C(C)C)n1. The molecular weight excluding hydrogens is 390 g/mol. The van der Waals surface area contributed by atoms with Crippen LogP contribution in [-0.2, 0) is 13.0 Å². The summed E-state index contributed by atoms with van der Waals surface area (Å²) in [6.07, 6.45) is 2.60. The lowest BCUT2D eigenvalue weighted by Gasteiger charge is -2.18. The van der Waals surface area contributed by atoms with E-state index in [1.54, 1.807) is 15.6 Å². The fraction of sp³-hybridized carbons (Fsp3) is 0.304. The minimum Gasteiger partial charge on any atom is -0.324 e. The summed E-state index contributed by atoms with van der Waals surface area (Å²) in [7, 11) is 0. The van der Waals surface area contributed by atoms with Gasteiger partial charge < -0.3 is 10.6 Å². The Kier molecular flexibility index (Phi) is 4.78. The number of fused-ring (bicyclic) bond motifs is 2. The Morgan fingerprint density at radius 1 is 1.13 bits per heavy atom. The highest BCUT2D eigenvalue weighted by Gasteiger charge is 2.20. The fourth-order valence-corrected chi connectivity index (χ4v) is 4.08. The van der Waals surface area contributed by atoms with Crippen molar-refractivity contribution in [1.29, 1.82) is 0 Å². The predicted molar refractivity (Wildman–Crippen MR) is 121 cm³/mol. The number of rotatable bonds is 4. The van der Waals surface area contributed by atoms with Crippen molar-refractivity contribution in [3.63, 3.8) is 0 Å². The van der Waals surface area contributed by atoms with Crippen molar-refractivity contribution in [1.82, 2.24) is 29.6 Å². The van der Waals surface area contributed by atoms with Gasteiger partial charge in [0.1, 0.15) is 5.39 Å². The molecule has 5 rings (SSSR count). The number of benzene rings is 1. The third-order valence-corrected chi connectivity index (χ3v) is 5.55. The van der Waals surface area contributed by atoms with Gasteiger partial charge >= 0.3 is 0 Å². The van der Waals surface area contributed by atoms with Crippen LogP contribution in [-0.4, -0.2) is 30.9 Å². The van der Waals surface area contributed by atoms with Gasteiger partial charge in [0.25, 0.3) is 5.56 Å². The number of nitrogens with one attached hydrogen (secondary N) is 2. The highest BCUT2D eigenvalue weighted by molar-refractivity contribution is 5.77. The van der Waals surface area contributed by atoms with Crippen LogP contribution in [0.5, 0.6) is 0 Å². The number of hydrogen-bond donors (Lipinski definition) is 2. The average Bonchev–Trinajstić information content (AvgIpc) is 3.06. The molecule has 0 aliphatic carbocycles. The van der Waals surface area contributed by atoms with E-state index < -0.39 is 0 Å². The lowest BCUT2D eigenvalue weighted by atomic mass is 10.0. The third kappa shape index (κ3) is 3.48. The van der Waals surface area contributed by atoms with E-state index in [9.17, 15) is 4.79 Å². The van der Waals surface area contributed by atoms with Crippen molar-refractivity contribution in [3.8, 4) is 5.82 Å². The molecule has 0 radical (unpaired) electrons. The Balaban J connectivity index is 1.62. The quantitative estimate of drug-likeness (QED) is 0.532. The minimum absolute atomic E-state index is 0.0605. The van der Waals surface area contributed by atoms with E-state index in [0.717, 1.165) is 30.9 Å². The summed E-state index contributed by atoms with van der Waals surface area (Å²) < 4.78 is 3.47. The molecule has 31 heavy (non-hydrogen) atoms. The molecular formula is C23H25N7O. The Hall–Kier alpha value is -3.52. The molecule has 1 aromatic carbocycles. The third-order valence-electron chi connectivity index (χ3n) is 5.55. The summed E-state index contributed by atoms with van der Waals surface area (Å²) in [6, 6.07) is 12.0. The molecule has 8 heteroatoms. The van der Waals surface area contributed by atoms with Crippen molar-refractivity contribution in [2.24, 2.45) is 0 Å². The Morgan fingerprint density at radius 2 is 2.00 bits per heavy atom. The Bertz CT molecular complexity index is 1340. The van der Waals surface area contributed by atoms with Crippen LogP contribution in [0.15, 0.2) is 47.4 Å². The molecule has 2 N–H and O–H groups in total. The van der Waals surface area contributed by atoms with Gasteiger partial charge in [-0.3, -0.25) is 4.79 Å². The van der Waals surface area contributed by atoms with Gasteiger partial charge in [-0.05, 0) is 69.1 Å². The molecule has 0 fully saturated rings. The van der Waals surface area contributed by atoms with Crippen molar-refractivity contribution in [3.05, 3.63) is 69.8 Å². The van der Waals surface area contributed by atoms with E-state index in [4.69, 9.17) is 4.98 Å². The van der Waals surface area contributed by atoms with Crippen LogP contribution < -0.4 is 16.2 Å². The van der Waals surface area contributed by atoms with E-state index >= 15 is 0 Å². The summed E-state index contributed by atoms with van der Waals surface area (Å²) in [4.78, 5) is 26.9. The zero-order valence-corrected chi connectivity index (χ0v) is 17.9. The second-order valence-electron chi connectivity index (χ2n) is 8.16. The molecule has 1 aliphatic rings. The lowest BCUT2D eigenvalue weighted by molar-refractivity contribution is 0.471. The molecule has 0 saturated carbocycles. The highest BCUT2D eigenvalue weighted by Crippen LogP contribution is 2.23. The summed E-state index contributed by atoms with van der Waals surface area (Å²) in [5, 5.41) is 7.16. The standard InChI is InChI=1S/C23H25N7O/c1-14(2)29-22(31)19-13-25-23(27-18-8-7-17-12-24-10-9-16(17)11-18)28-21(19)30(29)20-6-4-5-15(3)26-20/h4-8,11,13-14,24H,9-10,12H2,1-3H3,(H,25,27,28). The summed E-state index contributed by atoms with van der Waals surface area (Å²) >= 11 is 0. The van der Waals surface area contributed by atoms with Crippen LogP contribution in [0.4, 0.5) is 11.6 Å². The molecule has 0 spiro atoms. The van der Waals surface area contributed by atoms with Crippen molar-refractivity contribution in [2.75, 3.05) is 11.9 Å². The molecule has 0 amide bonds. The number of aromatic nitrogens is 5. The second kappa shape index (κ2) is 7.63. The first-order chi connectivity index (χ1) is 15.0. The van der Waals surface area contributed by atoms with E-state index in [1.165, 1.54) is 11.1 Å². The average molecular weight is 416 g/mol. The topological polar surface area (TPSA) is 89.7 Å². The molecule has 0 atom stereocenters. The van der Waals surface area contributed by atoms with Crippen LogP contribution >= 0.6 is 0 Å². The van der Waals surface area contributed by atoms with Crippen molar-refractivity contribution >= 4 is 22.7 Å². The maximum absolute atomic E-state index is 13.1. The summed E-state index contributed by atoms with van der Waals surface area (Å²) in [5.74, 6) is 1.11. The molecule has 0 unspecified atom stereocenters. The number of hydrogen-bond acceptors (Lipinski definition) is 6. The highest BCUT2D eigenvalue weighted by atomic mass is 16.1. The van der Waals surface area contributed by atoms with Gasteiger partial charge in [0.15, 0.2) is 11.5 Å². The maximum atomic E-state index is 13.1. The summed E-state index contributed by atoms with van der Waals surface area (Å²) in [5.41, 5.74) is 4.87. The molecule has 0 bridgehead atoms. The van der Waals surface area contributed by atoms with Gasteiger partial charge in [0.2, 0.25) is 5.95 Å². The van der Waals surface area contributed by atoms with Gasteiger partial charge in [-0.1, -0.05) is 12.1 Å². The molecule has 158 valence electrons. The van der Waals surface area contributed by atoms with Crippen LogP contribution in [0, 0.1) is 6.92 Å². The normalized spacial score (nSPS) is 13.5. The zero-order valence-electron chi connectivity index (χ0n) is 17.9. The van der Waals surface area contributed by atoms with Crippen LogP contribution in [0.1, 0.15) is 36.7 Å². The van der Waals surface area contributed by atoms with E-state index in [-0.39, 0.29) is 11.6 Å². The first-order valence-electron chi connectivity index (χ1n) is 10.5. The molecule has 3 aromatic heterocycles. The van der Waals surface area contributed by atoms with Gasteiger partial charge in [0, 0.05) is 30.2 Å². The number of nitrogens with zero attached hydrogens (tertiary/aromatic N) is 5. The molecule has 8 nitrogen and oxygen atoms in total. The van der Waals surface area contributed by atoms with Gasteiger partial charge in [-0.25, -0.2) is 19.3 Å². The molecule has 1 aliphatic heterocycles. The minimum atomic E-state index is -0.124. The number of anilines is 2. The number of pyridine rings is 1. The lowest BCUT2D eigenvalue weighted by Crippen LogP contribution is -2.24. The van der Waals surface area contributed by atoms with Gasteiger partial charge in [-0.15, -0.1) is 0 Å². The summed E-state index contributed by atoms with van der Waals surface area (Å²) in [6.45, 7) is 7.76. The number of aryl methyl sites for hydroxylation is 1. The van der Waals surface area contributed by atoms with E-state index in [2.05, 4.69) is 32.7 Å². The first kappa shape index (κ1) is 19.4. The molecule has 4 heterocycles. The smallest absolute Gasteiger partial charge is 0.278 e. The van der Waals surface area contributed by atoms with Crippen LogP contribution in [0.3, 0.4) is 0 Å². The molecule has 0 saturated heterocycles. The Morgan fingerprint density at radius 3 is 2.81 bits per heavy atom.